The quantitative estimate of drug-likeness (QED) is 0.370. The predicted molar refractivity (Wildman–Crippen MR) is 135 cm³/mol. The number of fused-ring (bicyclic) bond motifs is 3. The van der Waals surface area contributed by atoms with Crippen molar-refractivity contribution < 1.29 is 4.79 Å². The van der Waals surface area contributed by atoms with Crippen molar-refractivity contribution in [3.63, 3.8) is 0 Å². The average Bonchev–Trinajstić information content (AvgIpc) is 3.54. The summed E-state index contributed by atoms with van der Waals surface area (Å²) in [6.45, 7) is 5.50. The van der Waals surface area contributed by atoms with Gasteiger partial charge in [-0.2, -0.15) is 0 Å². The smallest absolute Gasteiger partial charge is 0.262 e. The minimum Gasteiger partial charge on any atom is -0.354 e. The van der Waals surface area contributed by atoms with E-state index in [-0.39, 0.29) is 22.6 Å². The van der Waals surface area contributed by atoms with Crippen molar-refractivity contribution in [3.8, 4) is 0 Å². The fourth-order valence-electron chi connectivity index (χ4n) is 4.37. The molecule has 0 aliphatic heterocycles. The number of nitrogens with one attached hydrogen (secondary N) is 1. The molecule has 1 N–H and O–H groups in total. The van der Waals surface area contributed by atoms with Crippen LogP contribution in [0, 0.1) is 5.92 Å². The summed E-state index contributed by atoms with van der Waals surface area (Å²) < 4.78 is 3.61. The minimum atomic E-state index is -0.0545. The van der Waals surface area contributed by atoms with Crippen LogP contribution in [0.1, 0.15) is 38.7 Å². The van der Waals surface area contributed by atoms with Gasteiger partial charge >= 0.3 is 0 Å². The Labute approximate surface area is 202 Å². The van der Waals surface area contributed by atoms with Gasteiger partial charge in [-0.25, -0.2) is 0 Å². The van der Waals surface area contributed by atoms with Crippen molar-refractivity contribution in [2.75, 3.05) is 12.3 Å². The van der Waals surface area contributed by atoms with Gasteiger partial charge in [0.25, 0.3) is 5.56 Å². The monoisotopic (exact) mass is 475 g/mol. The van der Waals surface area contributed by atoms with Gasteiger partial charge in [-0.1, -0.05) is 68.1 Å². The largest absolute Gasteiger partial charge is 0.354 e. The van der Waals surface area contributed by atoms with E-state index in [1.165, 1.54) is 17.3 Å². The van der Waals surface area contributed by atoms with Crippen LogP contribution < -0.4 is 10.9 Å². The third-order valence-electron chi connectivity index (χ3n) is 6.60. The Morgan fingerprint density at radius 1 is 1.09 bits per heavy atom. The molecule has 1 saturated carbocycles. The summed E-state index contributed by atoms with van der Waals surface area (Å²) in [4.78, 5) is 25.8. The Morgan fingerprint density at radius 3 is 2.56 bits per heavy atom. The number of amides is 1. The van der Waals surface area contributed by atoms with Crippen LogP contribution >= 0.6 is 11.8 Å². The Morgan fingerprint density at radius 2 is 1.82 bits per heavy atom. The van der Waals surface area contributed by atoms with Gasteiger partial charge in [0.2, 0.25) is 11.7 Å². The second-order valence-electron chi connectivity index (χ2n) is 9.49. The second-order valence-corrected chi connectivity index (χ2v) is 10.4. The molecule has 1 aliphatic rings. The van der Waals surface area contributed by atoms with E-state index in [9.17, 15) is 9.59 Å². The zero-order valence-corrected chi connectivity index (χ0v) is 20.3. The molecule has 0 spiro atoms. The number of benzene rings is 2. The highest BCUT2D eigenvalue weighted by atomic mass is 32.2. The van der Waals surface area contributed by atoms with Crippen LogP contribution in [0.5, 0.6) is 0 Å². The summed E-state index contributed by atoms with van der Waals surface area (Å²) in [5.41, 5.74) is 2.07. The lowest BCUT2D eigenvalue weighted by Crippen LogP contribution is -2.33. The molecule has 2 heterocycles. The number of para-hydroxylation sites is 1. The molecule has 8 heteroatoms. The Kier molecular flexibility index (Phi) is 6.16. The van der Waals surface area contributed by atoms with E-state index in [0.717, 1.165) is 24.8 Å². The Hall–Kier alpha value is -3.13. The molecular weight excluding hydrogens is 446 g/mol. The van der Waals surface area contributed by atoms with Gasteiger partial charge in [-0.15, -0.1) is 10.2 Å². The summed E-state index contributed by atoms with van der Waals surface area (Å²) in [6, 6.07) is 17.9. The molecule has 176 valence electrons. The summed E-state index contributed by atoms with van der Waals surface area (Å²) in [6.07, 6.45) is 3.06. The molecule has 1 aliphatic carbocycles. The fraction of sp³-hybridized carbons (Fsp3) is 0.385. The lowest BCUT2D eigenvalue weighted by atomic mass is 9.96. The van der Waals surface area contributed by atoms with E-state index < -0.39 is 0 Å². The van der Waals surface area contributed by atoms with Crippen LogP contribution in [0.15, 0.2) is 64.5 Å². The van der Waals surface area contributed by atoms with Crippen molar-refractivity contribution in [3.05, 3.63) is 70.5 Å². The molecule has 0 radical (unpaired) electrons. The molecule has 0 saturated heterocycles. The fourth-order valence-corrected chi connectivity index (χ4v) is 5.14. The lowest BCUT2D eigenvalue weighted by molar-refractivity contribution is -0.118. The van der Waals surface area contributed by atoms with E-state index >= 15 is 0 Å². The van der Waals surface area contributed by atoms with Crippen LogP contribution in [0.3, 0.4) is 0 Å². The molecule has 2 aromatic carbocycles. The molecule has 5 rings (SSSR count). The van der Waals surface area contributed by atoms with Crippen molar-refractivity contribution in [1.29, 1.82) is 0 Å². The first-order valence-electron chi connectivity index (χ1n) is 11.8. The van der Waals surface area contributed by atoms with Crippen molar-refractivity contribution in [2.24, 2.45) is 5.92 Å². The number of aromatic nitrogens is 4. The summed E-state index contributed by atoms with van der Waals surface area (Å²) >= 11 is 1.35. The molecule has 0 unspecified atom stereocenters. The van der Waals surface area contributed by atoms with Crippen molar-refractivity contribution in [1.82, 2.24) is 24.5 Å². The first-order chi connectivity index (χ1) is 16.5. The van der Waals surface area contributed by atoms with Crippen molar-refractivity contribution in [2.45, 2.75) is 50.2 Å². The van der Waals surface area contributed by atoms with E-state index in [2.05, 4.69) is 53.6 Å². The van der Waals surface area contributed by atoms with Crippen LogP contribution in [0.4, 0.5) is 0 Å². The number of rotatable bonds is 9. The molecule has 0 bridgehead atoms. The highest BCUT2D eigenvalue weighted by Crippen LogP contribution is 2.47. The molecule has 2 aromatic heterocycles. The van der Waals surface area contributed by atoms with Crippen molar-refractivity contribution >= 4 is 34.3 Å². The number of carbonyl (C=O) groups excluding carboxylic acids is 1. The summed E-state index contributed by atoms with van der Waals surface area (Å²) in [5, 5.41) is 13.1. The third-order valence-corrected chi connectivity index (χ3v) is 7.53. The van der Waals surface area contributed by atoms with Crippen LogP contribution in [0.2, 0.25) is 0 Å². The molecule has 7 nitrogen and oxygen atoms in total. The van der Waals surface area contributed by atoms with Gasteiger partial charge in [-0.05, 0) is 42.9 Å². The molecule has 1 fully saturated rings. The van der Waals surface area contributed by atoms with Gasteiger partial charge in [0.05, 0.1) is 16.7 Å². The average molecular weight is 476 g/mol. The summed E-state index contributed by atoms with van der Waals surface area (Å²) in [7, 11) is 0. The van der Waals surface area contributed by atoms with E-state index in [1.54, 1.807) is 4.57 Å². The maximum absolute atomic E-state index is 13.1. The maximum atomic E-state index is 13.1. The van der Waals surface area contributed by atoms with Gasteiger partial charge < -0.3 is 5.32 Å². The highest BCUT2D eigenvalue weighted by molar-refractivity contribution is 7.99. The number of thioether (sulfide) groups is 1. The Balaban J connectivity index is 1.35. The van der Waals surface area contributed by atoms with Gasteiger partial charge in [0, 0.05) is 18.5 Å². The molecule has 4 aromatic rings. The lowest BCUT2D eigenvalue weighted by Gasteiger charge is -2.16. The molecule has 1 amide bonds. The van der Waals surface area contributed by atoms with Gasteiger partial charge in [-0.3, -0.25) is 18.6 Å². The van der Waals surface area contributed by atoms with Crippen LogP contribution in [-0.4, -0.2) is 37.4 Å². The van der Waals surface area contributed by atoms with E-state index in [4.69, 9.17) is 0 Å². The normalized spacial score (nSPS) is 14.7. The number of hydrogen-bond donors (Lipinski definition) is 1. The number of aryl methyl sites for hydroxylation is 1. The van der Waals surface area contributed by atoms with Crippen LogP contribution in [-0.2, 0) is 16.8 Å². The maximum Gasteiger partial charge on any atom is 0.262 e. The first kappa shape index (κ1) is 22.7. The zero-order chi connectivity index (χ0) is 23.7. The number of carbonyl (C=O) groups is 1. The Bertz CT molecular complexity index is 1390. The zero-order valence-electron chi connectivity index (χ0n) is 19.5. The van der Waals surface area contributed by atoms with Gasteiger partial charge in [0.1, 0.15) is 0 Å². The van der Waals surface area contributed by atoms with E-state index in [1.807, 2.05) is 34.7 Å². The predicted octanol–water partition coefficient (Wildman–Crippen LogP) is 4.03. The SMILES string of the molecule is CC(C)CCn1c(=O)c2ccccc2n2c(SCC(=O)NCC3(c4ccccc4)CC3)nnc12. The first-order valence-corrected chi connectivity index (χ1v) is 12.8. The molecule has 34 heavy (non-hydrogen) atoms. The molecular formula is C26H29N5O2S. The minimum absolute atomic E-state index is 0.0265. The molecule has 0 atom stereocenters. The van der Waals surface area contributed by atoms with E-state index in [0.29, 0.717) is 35.3 Å². The van der Waals surface area contributed by atoms with Gasteiger partial charge in [0.15, 0.2) is 5.16 Å². The second kappa shape index (κ2) is 9.25. The number of nitrogens with zero attached hydrogens (tertiary/aromatic N) is 4. The number of hydrogen-bond acceptors (Lipinski definition) is 5. The highest BCUT2D eigenvalue weighted by Gasteiger charge is 2.44. The summed E-state index contributed by atoms with van der Waals surface area (Å²) in [5.74, 6) is 1.20. The third kappa shape index (κ3) is 4.34. The standard InChI is InChI=1S/C26H29N5O2S/c1-18(2)12-15-30-23(33)20-10-6-7-11-21(20)31-24(30)28-29-25(31)34-16-22(32)27-17-26(13-14-26)19-8-4-3-5-9-19/h3-11,18H,12-17H2,1-2H3,(H,27,32). The topological polar surface area (TPSA) is 81.3 Å². The van der Waals surface area contributed by atoms with Crippen LogP contribution in [0.25, 0.3) is 16.7 Å².